The predicted molar refractivity (Wildman–Crippen MR) is 130 cm³/mol. The summed E-state index contributed by atoms with van der Waals surface area (Å²) in [6.07, 6.45) is 0. The van der Waals surface area contributed by atoms with Gasteiger partial charge in [-0.3, -0.25) is 19.0 Å². The average molecular weight is 465 g/mol. The Hall–Kier alpha value is -3.43. The van der Waals surface area contributed by atoms with Gasteiger partial charge < -0.3 is 10.6 Å². The highest BCUT2D eigenvalue weighted by atomic mass is 32.2. The SMILES string of the molecule is CC(=O)Nc1ccc(NC(=O)[C@@H](C)Sc2nc3sccc3c(=O)n2-c2ccccc2)cc1. The number of amides is 2. The monoisotopic (exact) mass is 464 g/mol. The summed E-state index contributed by atoms with van der Waals surface area (Å²) in [6, 6.07) is 17.9. The van der Waals surface area contributed by atoms with E-state index in [1.807, 2.05) is 35.7 Å². The Labute approximate surface area is 192 Å². The minimum atomic E-state index is -0.510. The number of rotatable bonds is 6. The van der Waals surface area contributed by atoms with E-state index in [9.17, 15) is 14.4 Å². The molecule has 32 heavy (non-hydrogen) atoms. The van der Waals surface area contributed by atoms with Crippen LogP contribution in [0.2, 0.25) is 0 Å². The van der Waals surface area contributed by atoms with Crippen LogP contribution < -0.4 is 16.2 Å². The summed E-state index contributed by atoms with van der Waals surface area (Å²) in [5, 5.41) is 7.89. The number of thioether (sulfide) groups is 1. The molecule has 162 valence electrons. The second-order valence-corrected chi connectivity index (χ2v) is 9.22. The van der Waals surface area contributed by atoms with Crippen molar-refractivity contribution in [2.75, 3.05) is 10.6 Å². The molecule has 4 aromatic rings. The second kappa shape index (κ2) is 9.37. The molecule has 0 unspecified atom stereocenters. The first-order valence-corrected chi connectivity index (χ1v) is 11.6. The number of hydrogen-bond acceptors (Lipinski definition) is 6. The van der Waals surface area contributed by atoms with Crippen molar-refractivity contribution in [1.82, 2.24) is 9.55 Å². The molecule has 2 aromatic carbocycles. The molecule has 0 saturated heterocycles. The first-order chi connectivity index (χ1) is 15.4. The maximum atomic E-state index is 13.1. The summed E-state index contributed by atoms with van der Waals surface area (Å²) in [5.74, 6) is -0.381. The normalized spacial score (nSPS) is 11.8. The number of carbonyl (C=O) groups is 2. The highest BCUT2D eigenvalue weighted by Crippen LogP contribution is 2.27. The van der Waals surface area contributed by atoms with Crippen LogP contribution in [-0.2, 0) is 9.59 Å². The number of nitrogens with zero attached hydrogens (tertiary/aromatic N) is 2. The van der Waals surface area contributed by atoms with Crippen LogP contribution in [0.15, 0.2) is 76.0 Å². The molecule has 0 aliphatic carbocycles. The van der Waals surface area contributed by atoms with E-state index in [-0.39, 0.29) is 17.4 Å². The molecule has 9 heteroatoms. The Morgan fingerprint density at radius 1 is 1.00 bits per heavy atom. The smallest absolute Gasteiger partial charge is 0.267 e. The van der Waals surface area contributed by atoms with Gasteiger partial charge in [0.1, 0.15) is 4.83 Å². The quantitative estimate of drug-likeness (QED) is 0.323. The summed E-state index contributed by atoms with van der Waals surface area (Å²) < 4.78 is 1.55. The van der Waals surface area contributed by atoms with Crippen molar-refractivity contribution in [3.8, 4) is 5.69 Å². The fraction of sp³-hybridized carbons (Fsp3) is 0.130. The van der Waals surface area contributed by atoms with Crippen molar-refractivity contribution in [3.05, 3.63) is 76.4 Å². The number of fused-ring (bicyclic) bond motifs is 1. The van der Waals surface area contributed by atoms with Crippen LogP contribution in [0.5, 0.6) is 0 Å². The maximum Gasteiger partial charge on any atom is 0.267 e. The van der Waals surface area contributed by atoms with Crippen LogP contribution in [0.3, 0.4) is 0 Å². The van der Waals surface area contributed by atoms with Gasteiger partial charge in [0.25, 0.3) is 5.56 Å². The Morgan fingerprint density at radius 2 is 1.66 bits per heavy atom. The summed E-state index contributed by atoms with van der Waals surface area (Å²) in [4.78, 5) is 42.4. The molecule has 0 radical (unpaired) electrons. The molecule has 7 nitrogen and oxygen atoms in total. The zero-order valence-electron chi connectivity index (χ0n) is 17.4. The highest BCUT2D eigenvalue weighted by Gasteiger charge is 2.21. The van der Waals surface area contributed by atoms with Crippen molar-refractivity contribution in [3.63, 3.8) is 0 Å². The summed E-state index contributed by atoms with van der Waals surface area (Å²) in [7, 11) is 0. The van der Waals surface area contributed by atoms with Crippen LogP contribution in [0.4, 0.5) is 11.4 Å². The van der Waals surface area contributed by atoms with Crippen LogP contribution in [0.25, 0.3) is 15.9 Å². The molecule has 0 fully saturated rings. The average Bonchev–Trinajstić information content (AvgIpc) is 3.24. The topological polar surface area (TPSA) is 93.1 Å². The molecular formula is C23H20N4O3S2. The van der Waals surface area contributed by atoms with Gasteiger partial charge in [-0.1, -0.05) is 30.0 Å². The molecule has 2 heterocycles. The van der Waals surface area contributed by atoms with Gasteiger partial charge >= 0.3 is 0 Å². The molecule has 2 N–H and O–H groups in total. The van der Waals surface area contributed by atoms with E-state index in [1.54, 1.807) is 41.8 Å². The molecule has 4 rings (SSSR count). The van der Waals surface area contributed by atoms with Crippen molar-refractivity contribution in [1.29, 1.82) is 0 Å². The number of para-hydroxylation sites is 1. The lowest BCUT2D eigenvalue weighted by molar-refractivity contribution is -0.115. The molecular weight excluding hydrogens is 444 g/mol. The van der Waals surface area contributed by atoms with Crippen LogP contribution in [0, 0.1) is 0 Å². The first-order valence-electron chi connectivity index (χ1n) is 9.83. The number of carbonyl (C=O) groups excluding carboxylic acids is 2. The fourth-order valence-corrected chi connectivity index (χ4v) is 4.81. The lowest BCUT2D eigenvalue weighted by Crippen LogP contribution is -2.26. The summed E-state index contributed by atoms with van der Waals surface area (Å²) in [6.45, 7) is 3.21. The van der Waals surface area contributed by atoms with Gasteiger partial charge in [0.05, 0.1) is 16.3 Å². The summed E-state index contributed by atoms with van der Waals surface area (Å²) in [5.41, 5.74) is 1.80. The number of anilines is 2. The third-order valence-electron chi connectivity index (χ3n) is 4.61. The van der Waals surface area contributed by atoms with Gasteiger partial charge in [0.2, 0.25) is 11.8 Å². The highest BCUT2D eigenvalue weighted by molar-refractivity contribution is 8.00. The standard InChI is InChI=1S/C23H20N4O3S2/c1-14(20(29)25-17-10-8-16(9-11-17)24-15(2)28)32-23-26-21-19(12-13-31-21)22(30)27(23)18-6-4-3-5-7-18/h3-14H,1-2H3,(H,24,28)(H,25,29)/t14-/m1/s1. The number of aromatic nitrogens is 2. The Kier molecular flexibility index (Phi) is 6.38. The van der Waals surface area contributed by atoms with Crippen molar-refractivity contribution in [2.24, 2.45) is 0 Å². The minimum absolute atomic E-state index is 0.161. The molecule has 1 atom stereocenters. The number of thiophene rings is 1. The second-order valence-electron chi connectivity index (χ2n) is 7.02. The third-order valence-corrected chi connectivity index (χ3v) is 6.46. The lowest BCUT2D eigenvalue weighted by atomic mass is 10.2. The van der Waals surface area contributed by atoms with E-state index in [1.165, 1.54) is 30.0 Å². The van der Waals surface area contributed by atoms with Gasteiger partial charge in [-0.05, 0) is 54.8 Å². The van der Waals surface area contributed by atoms with Gasteiger partial charge in [-0.2, -0.15) is 0 Å². The van der Waals surface area contributed by atoms with Gasteiger partial charge in [0, 0.05) is 18.3 Å². The largest absolute Gasteiger partial charge is 0.326 e. The van der Waals surface area contributed by atoms with E-state index in [4.69, 9.17) is 0 Å². The minimum Gasteiger partial charge on any atom is -0.326 e. The van der Waals surface area contributed by atoms with Crippen molar-refractivity contribution >= 4 is 56.5 Å². The van der Waals surface area contributed by atoms with E-state index >= 15 is 0 Å². The van der Waals surface area contributed by atoms with E-state index in [2.05, 4.69) is 15.6 Å². The summed E-state index contributed by atoms with van der Waals surface area (Å²) >= 11 is 2.62. The van der Waals surface area contributed by atoms with Crippen molar-refractivity contribution < 1.29 is 9.59 Å². The van der Waals surface area contributed by atoms with E-state index in [0.717, 1.165) is 0 Å². The van der Waals surface area contributed by atoms with Gasteiger partial charge in [-0.25, -0.2) is 4.98 Å². The molecule has 2 aromatic heterocycles. The third kappa shape index (κ3) is 4.74. The number of nitrogens with one attached hydrogen (secondary N) is 2. The molecule has 0 aliphatic rings. The Bertz CT molecular complexity index is 1330. The lowest BCUT2D eigenvalue weighted by Gasteiger charge is -2.16. The predicted octanol–water partition coefficient (Wildman–Crippen LogP) is 4.52. The Balaban J connectivity index is 1.58. The Morgan fingerprint density at radius 3 is 2.31 bits per heavy atom. The first kappa shape index (κ1) is 21.8. The molecule has 0 bridgehead atoms. The number of benzene rings is 2. The van der Waals surface area contributed by atoms with Crippen molar-refractivity contribution in [2.45, 2.75) is 24.3 Å². The molecule has 0 saturated carbocycles. The van der Waals surface area contributed by atoms with Crippen LogP contribution in [-0.4, -0.2) is 26.6 Å². The van der Waals surface area contributed by atoms with Gasteiger partial charge in [0.15, 0.2) is 5.16 Å². The van der Waals surface area contributed by atoms with E-state index in [0.29, 0.717) is 32.4 Å². The molecule has 0 spiro atoms. The van der Waals surface area contributed by atoms with Crippen LogP contribution >= 0.6 is 23.1 Å². The van der Waals surface area contributed by atoms with Crippen LogP contribution in [0.1, 0.15) is 13.8 Å². The van der Waals surface area contributed by atoms with E-state index < -0.39 is 5.25 Å². The zero-order valence-corrected chi connectivity index (χ0v) is 19.0. The zero-order chi connectivity index (χ0) is 22.7. The van der Waals surface area contributed by atoms with Gasteiger partial charge in [-0.15, -0.1) is 11.3 Å². The maximum absolute atomic E-state index is 13.1. The molecule has 0 aliphatic heterocycles. The fourth-order valence-electron chi connectivity index (χ4n) is 3.07. The molecule has 2 amide bonds. The number of hydrogen-bond donors (Lipinski definition) is 2.